The molecule has 0 saturated carbocycles. The van der Waals surface area contributed by atoms with Gasteiger partial charge >= 0.3 is 0 Å². The number of ether oxygens (including phenoxy) is 1. The van der Waals surface area contributed by atoms with Crippen molar-refractivity contribution in [1.29, 1.82) is 0 Å². The first-order valence-corrected chi connectivity index (χ1v) is 10.4. The molecule has 4 nitrogen and oxygen atoms in total. The minimum atomic E-state index is -0.433. The molecule has 0 spiro atoms. The largest absolute Gasteiger partial charge is 0.487 e. The van der Waals surface area contributed by atoms with E-state index in [-0.39, 0.29) is 16.1 Å². The van der Waals surface area contributed by atoms with E-state index in [9.17, 15) is 4.39 Å². The lowest BCUT2D eigenvalue weighted by Gasteiger charge is -2.48. The predicted molar refractivity (Wildman–Crippen MR) is 110 cm³/mol. The minimum Gasteiger partial charge on any atom is -0.487 e. The highest BCUT2D eigenvalue weighted by atomic mass is 35.5. The van der Waals surface area contributed by atoms with Crippen LogP contribution in [-0.4, -0.2) is 29.2 Å². The van der Waals surface area contributed by atoms with Gasteiger partial charge < -0.3 is 15.0 Å². The highest BCUT2D eigenvalue weighted by Gasteiger charge is 2.40. The third-order valence-corrected chi connectivity index (χ3v) is 6.85. The molecule has 7 heteroatoms. The van der Waals surface area contributed by atoms with Gasteiger partial charge in [0.25, 0.3) is 0 Å². The number of nitrogens with zero attached hydrogens (tertiary/aromatic N) is 2. The van der Waals surface area contributed by atoms with Gasteiger partial charge in [-0.25, -0.2) is 9.37 Å². The number of hydrogen-bond acceptors (Lipinski definition) is 5. The van der Waals surface area contributed by atoms with E-state index >= 15 is 0 Å². The second kappa shape index (κ2) is 6.33. The lowest BCUT2D eigenvalue weighted by molar-refractivity contribution is 0.161. The summed E-state index contributed by atoms with van der Waals surface area (Å²) in [5.41, 5.74) is 1.73. The molecular weight excluding hydrogens is 385 g/mol. The average Bonchev–Trinajstić information content (AvgIpc) is 2.97. The van der Waals surface area contributed by atoms with Gasteiger partial charge in [0.15, 0.2) is 5.13 Å². The van der Waals surface area contributed by atoms with E-state index in [4.69, 9.17) is 21.3 Å². The molecule has 1 fully saturated rings. The summed E-state index contributed by atoms with van der Waals surface area (Å²) in [5.74, 6) is 0.188. The molecule has 1 aromatic heterocycles. The molecule has 3 heterocycles. The van der Waals surface area contributed by atoms with E-state index in [0.717, 1.165) is 34.1 Å². The van der Waals surface area contributed by atoms with Crippen LogP contribution in [0, 0.1) is 5.82 Å². The van der Waals surface area contributed by atoms with Crippen molar-refractivity contribution in [1.82, 2.24) is 10.3 Å². The van der Waals surface area contributed by atoms with Crippen molar-refractivity contribution in [3.05, 3.63) is 28.7 Å². The number of piperidine rings is 1. The Morgan fingerprint density at radius 2 is 1.93 bits per heavy atom. The SMILES string of the molecule is CN(c1nc2c(s1)-c1cc(F)c(Cl)cc1OC2)C1CC(C)(C)NC(C)(C)C1. The van der Waals surface area contributed by atoms with Crippen LogP contribution in [0.4, 0.5) is 9.52 Å². The molecule has 0 unspecified atom stereocenters. The fourth-order valence-electron chi connectivity index (χ4n) is 4.47. The van der Waals surface area contributed by atoms with Crippen molar-refractivity contribution in [3.63, 3.8) is 0 Å². The van der Waals surface area contributed by atoms with Gasteiger partial charge in [0, 0.05) is 35.8 Å². The zero-order valence-corrected chi connectivity index (χ0v) is 17.9. The van der Waals surface area contributed by atoms with E-state index < -0.39 is 5.82 Å². The van der Waals surface area contributed by atoms with Crippen LogP contribution in [0.1, 0.15) is 46.2 Å². The maximum absolute atomic E-state index is 14.0. The van der Waals surface area contributed by atoms with Crippen LogP contribution in [0.3, 0.4) is 0 Å². The number of halogens is 2. The number of benzene rings is 1. The molecule has 27 heavy (non-hydrogen) atoms. The molecule has 0 bridgehead atoms. The maximum atomic E-state index is 14.0. The summed E-state index contributed by atoms with van der Waals surface area (Å²) >= 11 is 7.50. The molecule has 0 amide bonds. The van der Waals surface area contributed by atoms with Crippen LogP contribution in [0.2, 0.25) is 5.02 Å². The molecule has 0 aliphatic carbocycles. The second-order valence-electron chi connectivity index (χ2n) is 8.89. The fourth-order valence-corrected chi connectivity index (χ4v) is 5.75. The normalized spacial score (nSPS) is 20.6. The fraction of sp³-hybridized carbons (Fsp3) is 0.550. The van der Waals surface area contributed by atoms with Crippen molar-refractivity contribution in [2.45, 2.75) is 64.3 Å². The van der Waals surface area contributed by atoms with E-state index in [1.807, 2.05) is 0 Å². The number of anilines is 1. The summed E-state index contributed by atoms with van der Waals surface area (Å²) in [7, 11) is 2.11. The molecule has 2 aliphatic rings. The summed E-state index contributed by atoms with van der Waals surface area (Å²) in [4.78, 5) is 8.07. The Hall–Kier alpha value is -1.37. The van der Waals surface area contributed by atoms with Crippen molar-refractivity contribution < 1.29 is 9.13 Å². The quantitative estimate of drug-likeness (QED) is 0.735. The molecule has 2 aliphatic heterocycles. The van der Waals surface area contributed by atoms with Crippen LogP contribution < -0.4 is 15.0 Å². The van der Waals surface area contributed by atoms with E-state index in [2.05, 4.69) is 45.0 Å². The number of nitrogens with one attached hydrogen (secondary N) is 1. The van der Waals surface area contributed by atoms with Crippen LogP contribution in [0.5, 0.6) is 5.75 Å². The van der Waals surface area contributed by atoms with Crippen molar-refractivity contribution >= 4 is 28.1 Å². The number of aromatic nitrogens is 1. The van der Waals surface area contributed by atoms with Gasteiger partial charge in [-0.15, -0.1) is 0 Å². The Labute approximate surface area is 168 Å². The number of hydrogen-bond donors (Lipinski definition) is 1. The van der Waals surface area contributed by atoms with Gasteiger partial charge in [-0.1, -0.05) is 22.9 Å². The van der Waals surface area contributed by atoms with Crippen LogP contribution >= 0.6 is 22.9 Å². The first kappa shape index (κ1) is 19.0. The summed E-state index contributed by atoms with van der Waals surface area (Å²) in [6.07, 6.45) is 2.07. The number of thiazole rings is 1. The summed E-state index contributed by atoms with van der Waals surface area (Å²) < 4.78 is 19.8. The summed E-state index contributed by atoms with van der Waals surface area (Å²) in [6.45, 7) is 9.38. The summed E-state index contributed by atoms with van der Waals surface area (Å²) in [6, 6.07) is 3.39. The predicted octanol–water partition coefficient (Wildman–Crippen LogP) is 5.24. The van der Waals surface area contributed by atoms with Crippen molar-refractivity contribution in [2.24, 2.45) is 0 Å². The lowest BCUT2D eigenvalue weighted by Crippen LogP contribution is -2.61. The Bertz CT molecular complexity index is 880. The summed E-state index contributed by atoms with van der Waals surface area (Å²) in [5, 5.41) is 4.75. The Morgan fingerprint density at radius 3 is 2.59 bits per heavy atom. The Kier molecular flexibility index (Phi) is 4.44. The molecule has 0 radical (unpaired) electrons. The van der Waals surface area contributed by atoms with E-state index in [0.29, 0.717) is 18.4 Å². The van der Waals surface area contributed by atoms with Crippen molar-refractivity contribution in [2.75, 3.05) is 11.9 Å². The molecular formula is C20H25ClFN3OS. The molecule has 4 rings (SSSR count). The average molecular weight is 410 g/mol. The van der Waals surface area contributed by atoms with Gasteiger partial charge in [0.05, 0.1) is 15.6 Å². The molecule has 1 aromatic carbocycles. The lowest BCUT2D eigenvalue weighted by atomic mass is 9.79. The number of rotatable bonds is 2. The van der Waals surface area contributed by atoms with E-state index in [1.54, 1.807) is 17.4 Å². The molecule has 0 atom stereocenters. The first-order valence-electron chi connectivity index (χ1n) is 9.19. The highest BCUT2D eigenvalue weighted by molar-refractivity contribution is 7.19. The molecule has 1 N–H and O–H groups in total. The van der Waals surface area contributed by atoms with Crippen LogP contribution in [0.25, 0.3) is 10.4 Å². The van der Waals surface area contributed by atoms with Crippen LogP contribution in [0.15, 0.2) is 12.1 Å². The third-order valence-electron chi connectivity index (χ3n) is 5.34. The standard InChI is InChI=1S/C20H25ClFN3OS/c1-19(2)8-11(9-20(3,4)24-19)25(5)18-23-15-10-26-16-7-13(21)14(22)6-12(16)17(15)27-18/h6-7,11,24H,8-10H2,1-5H3. The molecule has 1 saturated heterocycles. The van der Waals surface area contributed by atoms with Gasteiger partial charge in [-0.05, 0) is 46.6 Å². The Morgan fingerprint density at radius 1 is 1.26 bits per heavy atom. The van der Waals surface area contributed by atoms with Gasteiger partial charge in [-0.2, -0.15) is 0 Å². The highest BCUT2D eigenvalue weighted by Crippen LogP contribution is 2.45. The monoisotopic (exact) mass is 409 g/mol. The second-order valence-corrected chi connectivity index (χ2v) is 10.3. The molecule has 146 valence electrons. The topological polar surface area (TPSA) is 37.4 Å². The van der Waals surface area contributed by atoms with Gasteiger partial charge in [0.1, 0.15) is 18.2 Å². The first-order chi connectivity index (χ1) is 12.5. The van der Waals surface area contributed by atoms with Crippen molar-refractivity contribution in [3.8, 4) is 16.2 Å². The minimum absolute atomic E-state index is 0.0626. The third kappa shape index (κ3) is 3.55. The smallest absolute Gasteiger partial charge is 0.186 e. The Balaban J connectivity index is 1.67. The number of fused-ring (bicyclic) bond motifs is 3. The molecule has 2 aromatic rings. The van der Waals surface area contributed by atoms with E-state index in [1.165, 1.54) is 6.07 Å². The zero-order chi connectivity index (χ0) is 19.6. The maximum Gasteiger partial charge on any atom is 0.186 e. The van der Waals surface area contributed by atoms with Gasteiger partial charge in [-0.3, -0.25) is 0 Å². The van der Waals surface area contributed by atoms with Gasteiger partial charge in [0.2, 0.25) is 0 Å². The van der Waals surface area contributed by atoms with Crippen LogP contribution in [-0.2, 0) is 6.61 Å². The zero-order valence-electron chi connectivity index (χ0n) is 16.3.